The van der Waals surface area contributed by atoms with Crippen LogP contribution in [0, 0.1) is 13.8 Å². The molecule has 0 aliphatic rings. The van der Waals surface area contributed by atoms with Crippen molar-refractivity contribution in [2.24, 2.45) is 0 Å². The van der Waals surface area contributed by atoms with Gasteiger partial charge in [-0.15, -0.1) is 0 Å². The Kier molecular flexibility index (Phi) is 5.19. The third kappa shape index (κ3) is 3.91. The Hall–Kier alpha value is -2.59. The van der Waals surface area contributed by atoms with Crippen LogP contribution in [0.15, 0.2) is 54.6 Å². The number of hydrogen-bond acceptors (Lipinski definition) is 2. The smallest absolute Gasteiger partial charge is 0.224 e. The molecule has 0 saturated carbocycles. The van der Waals surface area contributed by atoms with E-state index >= 15 is 0 Å². The number of hydrogen-bond donors (Lipinski definition) is 1. The lowest BCUT2D eigenvalue weighted by molar-refractivity contribution is -0.116. The summed E-state index contributed by atoms with van der Waals surface area (Å²) in [5.41, 5.74) is 4.79. The minimum absolute atomic E-state index is 0.0561. The van der Waals surface area contributed by atoms with Gasteiger partial charge >= 0.3 is 0 Å². The minimum atomic E-state index is -0.0561. The van der Waals surface area contributed by atoms with Gasteiger partial charge in [0.05, 0.1) is 22.1 Å². The largest absolute Gasteiger partial charge is 0.325 e. The van der Waals surface area contributed by atoms with Gasteiger partial charge in [-0.05, 0) is 50.1 Å². The molecule has 128 valence electrons. The molecule has 0 fully saturated rings. The van der Waals surface area contributed by atoms with E-state index in [1.54, 1.807) is 12.1 Å². The first-order valence-corrected chi connectivity index (χ1v) is 8.59. The van der Waals surface area contributed by atoms with Gasteiger partial charge in [0.15, 0.2) is 0 Å². The van der Waals surface area contributed by atoms with Gasteiger partial charge in [-0.1, -0.05) is 41.9 Å². The van der Waals surface area contributed by atoms with Crippen LogP contribution in [0.3, 0.4) is 0 Å². The number of aryl methyl sites for hydroxylation is 1. The summed E-state index contributed by atoms with van der Waals surface area (Å²) in [5.74, 6) is -0.0561. The zero-order chi connectivity index (χ0) is 17.8. The highest BCUT2D eigenvalue weighted by Gasteiger charge is 2.14. The molecule has 2 aromatic carbocycles. The van der Waals surface area contributed by atoms with E-state index in [1.807, 2.05) is 61.0 Å². The Morgan fingerprint density at radius 3 is 2.48 bits per heavy atom. The SMILES string of the molecule is Cc1nn(-c2ccccc2)c(C)c1CCC(=O)Nc1ccccc1Cl. The maximum Gasteiger partial charge on any atom is 0.224 e. The Morgan fingerprint density at radius 2 is 1.76 bits per heavy atom. The average Bonchev–Trinajstić information content (AvgIpc) is 2.90. The van der Waals surface area contributed by atoms with E-state index in [0.29, 0.717) is 23.6 Å². The molecule has 0 unspecified atom stereocenters. The van der Waals surface area contributed by atoms with E-state index in [9.17, 15) is 4.79 Å². The number of rotatable bonds is 5. The maximum atomic E-state index is 12.2. The number of halogens is 1. The highest BCUT2D eigenvalue weighted by Crippen LogP contribution is 2.22. The van der Waals surface area contributed by atoms with Crippen molar-refractivity contribution in [2.45, 2.75) is 26.7 Å². The number of para-hydroxylation sites is 2. The van der Waals surface area contributed by atoms with Crippen molar-refractivity contribution in [3.05, 3.63) is 76.6 Å². The molecule has 1 N–H and O–H groups in total. The topological polar surface area (TPSA) is 46.9 Å². The maximum absolute atomic E-state index is 12.2. The molecule has 0 aliphatic carbocycles. The Bertz CT molecular complexity index is 887. The van der Waals surface area contributed by atoms with Gasteiger partial charge in [-0.25, -0.2) is 4.68 Å². The monoisotopic (exact) mass is 353 g/mol. The van der Waals surface area contributed by atoms with Gasteiger partial charge in [0, 0.05) is 12.1 Å². The van der Waals surface area contributed by atoms with Crippen molar-refractivity contribution in [1.29, 1.82) is 0 Å². The van der Waals surface area contributed by atoms with E-state index in [1.165, 1.54) is 0 Å². The molecule has 1 heterocycles. The summed E-state index contributed by atoms with van der Waals surface area (Å²) in [6, 6.07) is 17.2. The van der Waals surface area contributed by atoms with Crippen molar-refractivity contribution >= 4 is 23.2 Å². The lowest BCUT2D eigenvalue weighted by Gasteiger charge is -2.08. The number of nitrogens with one attached hydrogen (secondary N) is 1. The molecule has 0 atom stereocenters. The second-order valence-corrected chi connectivity index (χ2v) is 6.33. The van der Waals surface area contributed by atoms with Gasteiger partial charge in [0.1, 0.15) is 0 Å². The predicted molar refractivity (Wildman–Crippen MR) is 101 cm³/mol. The molecule has 25 heavy (non-hydrogen) atoms. The molecule has 0 spiro atoms. The number of benzene rings is 2. The van der Waals surface area contributed by atoms with Crippen LogP contribution in [0.25, 0.3) is 5.69 Å². The summed E-state index contributed by atoms with van der Waals surface area (Å²) in [4.78, 5) is 12.2. The van der Waals surface area contributed by atoms with Crippen molar-refractivity contribution in [2.75, 3.05) is 5.32 Å². The first kappa shape index (κ1) is 17.2. The number of amides is 1. The van der Waals surface area contributed by atoms with Crippen molar-refractivity contribution in [3.63, 3.8) is 0 Å². The summed E-state index contributed by atoms with van der Waals surface area (Å²) in [7, 11) is 0. The van der Waals surface area contributed by atoms with Gasteiger partial charge < -0.3 is 5.32 Å². The van der Waals surface area contributed by atoms with Crippen LogP contribution in [0.5, 0.6) is 0 Å². The molecule has 0 radical (unpaired) electrons. The molecule has 0 aliphatic heterocycles. The first-order chi connectivity index (χ1) is 12.1. The molecule has 1 aromatic heterocycles. The number of carbonyl (C=O) groups is 1. The Labute approximate surface area is 152 Å². The lowest BCUT2D eigenvalue weighted by Crippen LogP contribution is -2.13. The number of aromatic nitrogens is 2. The van der Waals surface area contributed by atoms with Crippen molar-refractivity contribution in [3.8, 4) is 5.69 Å². The van der Waals surface area contributed by atoms with E-state index in [-0.39, 0.29) is 5.91 Å². The standard InChI is InChI=1S/C20H20ClN3O/c1-14-17(15(2)24(23-14)16-8-4-3-5-9-16)12-13-20(25)22-19-11-7-6-10-18(19)21/h3-11H,12-13H2,1-2H3,(H,22,25). The second kappa shape index (κ2) is 7.53. The third-order valence-electron chi connectivity index (χ3n) is 4.19. The molecule has 1 amide bonds. The first-order valence-electron chi connectivity index (χ1n) is 8.21. The zero-order valence-electron chi connectivity index (χ0n) is 14.3. The zero-order valence-corrected chi connectivity index (χ0v) is 15.0. The molecule has 0 saturated heterocycles. The normalized spacial score (nSPS) is 10.7. The summed E-state index contributed by atoms with van der Waals surface area (Å²) in [5, 5.41) is 8.02. The van der Waals surface area contributed by atoms with Gasteiger partial charge in [-0.2, -0.15) is 5.10 Å². The minimum Gasteiger partial charge on any atom is -0.325 e. The van der Waals surface area contributed by atoms with Gasteiger partial charge in [-0.3, -0.25) is 4.79 Å². The summed E-state index contributed by atoms with van der Waals surface area (Å²) >= 11 is 6.08. The highest BCUT2D eigenvalue weighted by molar-refractivity contribution is 6.33. The third-order valence-corrected chi connectivity index (χ3v) is 4.52. The molecule has 4 nitrogen and oxygen atoms in total. The summed E-state index contributed by atoms with van der Waals surface area (Å²) < 4.78 is 1.93. The van der Waals surface area contributed by atoms with E-state index in [4.69, 9.17) is 11.6 Å². The Balaban J connectivity index is 1.70. The summed E-state index contributed by atoms with van der Waals surface area (Å²) in [6.45, 7) is 4.02. The second-order valence-electron chi connectivity index (χ2n) is 5.92. The average molecular weight is 354 g/mol. The van der Waals surface area contributed by atoms with Crippen molar-refractivity contribution in [1.82, 2.24) is 9.78 Å². The van der Waals surface area contributed by atoms with Crippen LogP contribution in [0.2, 0.25) is 5.02 Å². The quantitative estimate of drug-likeness (QED) is 0.721. The molecule has 5 heteroatoms. The van der Waals surface area contributed by atoms with Crippen LogP contribution < -0.4 is 5.32 Å². The molecule has 3 rings (SSSR count). The van der Waals surface area contributed by atoms with E-state index < -0.39 is 0 Å². The van der Waals surface area contributed by atoms with Gasteiger partial charge in [0.25, 0.3) is 0 Å². The number of carbonyl (C=O) groups excluding carboxylic acids is 1. The van der Waals surface area contributed by atoms with Crippen LogP contribution >= 0.6 is 11.6 Å². The summed E-state index contributed by atoms with van der Waals surface area (Å²) in [6.07, 6.45) is 1.02. The molecular weight excluding hydrogens is 334 g/mol. The van der Waals surface area contributed by atoms with E-state index in [2.05, 4.69) is 10.4 Å². The van der Waals surface area contributed by atoms with Crippen molar-refractivity contribution < 1.29 is 4.79 Å². The molecular formula is C20H20ClN3O. The van der Waals surface area contributed by atoms with Gasteiger partial charge in [0.2, 0.25) is 5.91 Å². The Morgan fingerprint density at radius 1 is 1.08 bits per heavy atom. The number of anilines is 1. The fraction of sp³-hybridized carbons (Fsp3) is 0.200. The highest BCUT2D eigenvalue weighted by atomic mass is 35.5. The lowest BCUT2D eigenvalue weighted by atomic mass is 10.1. The predicted octanol–water partition coefficient (Wildman–Crippen LogP) is 4.71. The number of nitrogens with zero attached hydrogens (tertiary/aromatic N) is 2. The van der Waals surface area contributed by atoms with Crippen LogP contribution in [-0.4, -0.2) is 15.7 Å². The van der Waals surface area contributed by atoms with Crippen LogP contribution in [-0.2, 0) is 11.2 Å². The van der Waals surface area contributed by atoms with Crippen LogP contribution in [0.1, 0.15) is 23.4 Å². The van der Waals surface area contributed by atoms with Crippen LogP contribution in [0.4, 0.5) is 5.69 Å². The fourth-order valence-electron chi connectivity index (χ4n) is 2.87. The van der Waals surface area contributed by atoms with E-state index in [0.717, 1.165) is 22.6 Å². The molecule has 0 bridgehead atoms. The fourth-order valence-corrected chi connectivity index (χ4v) is 3.05. The molecule has 3 aromatic rings.